The van der Waals surface area contributed by atoms with Crippen LogP contribution in [0.1, 0.15) is 54.0 Å². The summed E-state index contributed by atoms with van der Waals surface area (Å²) in [5.41, 5.74) is 9.43. The Labute approximate surface area is 204 Å². The Bertz CT molecular complexity index is 1170. The summed E-state index contributed by atoms with van der Waals surface area (Å²) in [6.07, 6.45) is 2.94. The van der Waals surface area contributed by atoms with Gasteiger partial charge in [0.1, 0.15) is 16.3 Å². The van der Waals surface area contributed by atoms with Crippen molar-refractivity contribution in [2.75, 3.05) is 11.1 Å². The fraction of sp³-hybridized carbons (Fsp3) is 0.333. The van der Waals surface area contributed by atoms with Gasteiger partial charge in [0.25, 0.3) is 0 Å². The van der Waals surface area contributed by atoms with Gasteiger partial charge in [-0.1, -0.05) is 51.1 Å². The number of carbonyl (C=O) groups is 1. The van der Waals surface area contributed by atoms with E-state index in [1.807, 2.05) is 54.6 Å². The van der Waals surface area contributed by atoms with Crippen LogP contribution in [-0.4, -0.2) is 5.91 Å². The molecule has 0 bridgehead atoms. The molecule has 1 aromatic heterocycles. The van der Waals surface area contributed by atoms with Crippen molar-refractivity contribution < 1.29 is 4.79 Å². The summed E-state index contributed by atoms with van der Waals surface area (Å²) >= 11 is 3.06. The van der Waals surface area contributed by atoms with Gasteiger partial charge in [-0.3, -0.25) is 4.79 Å². The highest BCUT2D eigenvalue weighted by molar-refractivity contribution is 8.00. The van der Waals surface area contributed by atoms with E-state index >= 15 is 0 Å². The van der Waals surface area contributed by atoms with Crippen LogP contribution in [0.4, 0.5) is 10.7 Å². The standard InChI is InChI=1S/C27H29N3OS2/c1-27(2,3)18-9-14-21-22(16-28)26(33-23(21)15-18)30-25(31)24(17-7-5-4-6-8-17)32-20-12-10-19(29)11-13-20/h4-8,10-13,18,24H,9,14-15,29H2,1-3H3,(H,30,31). The molecule has 0 radical (unpaired) electrons. The lowest BCUT2D eigenvalue weighted by Crippen LogP contribution is -2.26. The maximum atomic E-state index is 13.5. The molecule has 2 aromatic carbocycles. The average molecular weight is 476 g/mol. The number of thiophene rings is 1. The summed E-state index contributed by atoms with van der Waals surface area (Å²) in [5.74, 6) is 0.461. The van der Waals surface area contributed by atoms with E-state index < -0.39 is 5.25 Å². The summed E-state index contributed by atoms with van der Waals surface area (Å²) in [6, 6.07) is 19.7. The first kappa shape index (κ1) is 23.4. The molecule has 4 nitrogen and oxygen atoms in total. The molecule has 3 N–H and O–H groups in total. The van der Waals surface area contributed by atoms with Crippen molar-refractivity contribution in [3.63, 3.8) is 0 Å². The lowest BCUT2D eigenvalue weighted by Gasteiger charge is -2.33. The monoisotopic (exact) mass is 475 g/mol. The van der Waals surface area contributed by atoms with Crippen molar-refractivity contribution in [3.8, 4) is 6.07 Å². The van der Waals surface area contributed by atoms with Crippen LogP contribution in [0.25, 0.3) is 0 Å². The molecule has 0 fully saturated rings. The van der Waals surface area contributed by atoms with Crippen LogP contribution in [0.5, 0.6) is 0 Å². The number of hydrogen-bond acceptors (Lipinski definition) is 5. The summed E-state index contributed by atoms with van der Waals surface area (Å²) < 4.78 is 0. The van der Waals surface area contributed by atoms with Gasteiger partial charge in [-0.25, -0.2) is 0 Å². The fourth-order valence-electron chi connectivity index (χ4n) is 4.29. The Morgan fingerprint density at radius 1 is 1.18 bits per heavy atom. The van der Waals surface area contributed by atoms with Gasteiger partial charge in [0.15, 0.2) is 0 Å². The van der Waals surface area contributed by atoms with Gasteiger partial charge < -0.3 is 11.1 Å². The molecule has 2 atom stereocenters. The predicted molar refractivity (Wildman–Crippen MR) is 139 cm³/mol. The van der Waals surface area contributed by atoms with Crippen LogP contribution in [0, 0.1) is 22.7 Å². The zero-order valence-corrected chi connectivity index (χ0v) is 20.9. The molecule has 4 rings (SSSR count). The summed E-state index contributed by atoms with van der Waals surface area (Å²) in [4.78, 5) is 15.7. The second-order valence-electron chi connectivity index (χ2n) is 9.59. The normalized spacial score (nSPS) is 16.5. The minimum Gasteiger partial charge on any atom is -0.399 e. The van der Waals surface area contributed by atoms with Crippen molar-refractivity contribution in [2.45, 2.75) is 50.2 Å². The lowest BCUT2D eigenvalue weighted by molar-refractivity contribution is -0.115. The van der Waals surface area contributed by atoms with Gasteiger partial charge in [-0.15, -0.1) is 23.1 Å². The highest BCUT2D eigenvalue weighted by atomic mass is 32.2. The molecule has 1 aliphatic carbocycles. The molecule has 1 aliphatic rings. The minimum atomic E-state index is -0.442. The quantitative estimate of drug-likeness (QED) is 0.313. The molecule has 2 unspecified atom stereocenters. The number of carbonyl (C=O) groups excluding carboxylic acids is 1. The number of nitrogens with zero attached hydrogens (tertiary/aromatic N) is 1. The zero-order chi connectivity index (χ0) is 23.6. The number of nitrogens with two attached hydrogens (primary N) is 1. The summed E-state index contributed by atoms with van der Waals surface area (Å²) in [5, 5.41) is 13.3. The largest absolute Gasteiger partial charge is 0.399 e. The number of nitrogens with one attached hydrogen (secondary N) is 1. The Morgan fingerprint density at radius 2 is 1.88 bits per heavy atom. The molecule has 3 aromatic rings. The van der Waals surface area contributed by atoms with Crippen molar-refractivity contribution >= 4 is 39.7 Å². The third-order valence-corrected chi connectivity index (χ3v) is 8.75. The summed E-state index contributed by atoms with van der Waals surface area (Å²) in [7, 11) is 0. The molecule has 6 heteroatoms. The van der Waals surface area contributed by atoms with Crippen molar-refractivity contribution in [2.24, 2.45) is 11.3 Å². The topological polar surface area (TPSA) is 78.9 Å². The molecule has 33 heavy (non-hydrogen) atoms. The van der Waals surface area contributed by atoms with Crippen LogP contribution in [0.2, 0.25) is 0 Å². The predicted octanol–water partition coefficient (Wildman–Crippen LogP) is 6.83. The molecule has 170 valence electrons. The molecule has 0 spiro atoms. The van der Waals surface area contributed by atoms with Crippen molar-refractivity contribution in [3.05, 3.63) is 76.2 Å². The third kappa shape index (κ3) is 5.26. The molecule has 0 saturated heterocycles. The van der Waals surface area contributed by atoms with Gasteiger partial charge in [0, 0.05) is 15.5 Å². The Balaban J connectivity index is 1.61. The Morgan fingerprint density at radius 3 is 2.52 bits per heavy atom. The molecule has 0 aliphatic heterocycles. The van der Waals surface area contributed by atoms with E-state index in [1.165, 1.54) is 16.6 Å². The number of fused-ring (bicyclic) bond motifs is 1. The second-order valence-corrected chi connectivity index (χ2v) is 11.9. The van der Waals surface area contributed by atoms with E-state index in [1.54, 1.807) is 11.3 Å². The minimum absolute atomic E-state index is 0.120. The first-order valence-electron chi connectivity index (χ1n) is 11.2. The molecule has 1 amide bonds. The molecular formula is C27H29N3OS2. The molecular weight excluding hydrogens is 446 g/mol. The van der Waals surface area contributed by atoms with Crippen molar-refractivity contribution in [1.29, 1.82) is 5.26 Å². The first-order chi connectivity index (χ1) is 15.8. The lowest BCUT2D eigenvalue weighted by atomic mass is 9.72. The number of amides is 1. The smallest absolute Gasteiger partial charge is 0.243 e. The fourth-order valence-corrected chi connectivity index (χ4v) is 6.60. The number of nitriles is 1. The second kappa shape index (κ2) is 9.62. The van der Waals surface area contributed by atoms with Gasteiger partial charge in [0.2, 0.25) is 5.91 Å². The number of hydrogen-bond donors (Lipinski definition) is 2. The third-order valence-electron chi connectivity index (χ3n) is 6.31. The summed E-state index contributed by atoms with van der Waals surface area (Å²) in [6.45, 7) is 6.84. The maximum absolute atomic E-state index is 13.5. The van der Waals surface area contributed by atoms with E-state index in [0.29, 0.717) is 22.2 Å². The average Bonchev–Trinajstić information content (AvgIpc) is 3.14. The first-order valence-corrected chi connectivity index (χ1v) is 12.9. The zero-order valence-electron chi connectivity index (χ0n) is 19.2. The number of thioether (sulfide) groups is 1. The van der Waals surface area contributed by atoms with Crippen LogP contribution >= 0.6 is 23.1 Å². The van der Waals surface area contributed by atoms with Crippen LogP contribution < -0.4 is 11.1 Å². The highest BCUT2D eigenvalue weighted by Crippen LogP contribution is 2.45. The maximum Gasteiger partial charge on any atom is 0.243 e. The van der Waals surface area contributed by atoms with Crippen LogP contribution in [-0.2, 0) is 17.6 Å². The Hall–Kier alpha value is -2.75. The van der Waals surface area contributed by atoms with Gasteiger partial charge in [0.05, 0.1) is 5.56 Å². The molecule has 1 heterocycles. The van der Waals surface area contributed by atoms with E-state index in [4.69, 9.17) is 5.73 Å². The van der Waals surface area contributed by atoms with E-state index in [2.05, 4.69) is 32.2 Å². The number of anilines is 2. The SMILES string of the molecule is CC(C)(C)C1CCc2c(sc(NC(=O)C(Sc3ccc(N)cc3)c3ccccc3)c2C#N)C1. The highest BCUT2D eigenvalue weighted by Gasteiger charge is 2.33. The van der Waals surface area contributed by atoms with E-state index in [-0.39, 0.29) is 11.3 Å². The van der Waals surface area contributed by atoms with Crippen LogP contribution in [0.3, 0.4) is 0 Å². The van der Waals surface area contributed by atoms with Gasteiger partial charge >= 0.3 is 0 Å². The Kier molecular flexibility index (Phi) is 6.83. The van der Waals surface area contributed by atoms with Gasteiger partial charge in [-0.2, -0.15) is 5.26 Å². The number of rotatable bonds is 5. The number of benzene rings is 2. The van der Waals surface area contributed by atoms with Gasteiger partial charge in [-0.05, 0) is 66.0 Å². The number of nitrogen functional groups attached to an aromatic ring is 1. The van der Waals surface area contributed by atoms with Crippen molar-refractivity contribution in [1.82, 2.24) is 0 Å². The molecule has 0 saturated carbocycles. The van der Waals surface area contributed by atoms with E-state index in [9.17, 15) is 10.1 Å². The van der Waals surface area contributed by atoms with E-state index in [0.717, 1.165) is 35.3 Å². The van der Waals surface area contributed by atoms with Crippen LogP contribution in [0.15, 0.2) is 59.5 Å².